The summed E-state index contributed by atoms with van der Waals surface area (Å²) < 4.78 is 0. The molecule has 3 fully saturated rings. The molecule has 3 unspecified atom stereocenters. The minimum atomic E-state index is 0.208. The Kier molecular flexibility index (Phi) is 4.82. The normalized spacial score (nSPS) is 30.6. The van der Waals surface area contributed by atoms with Gasteiger partial charge in [0.1, 0.15) is 0 Å². The van der Waals surface area contributed by atoms with Gasteiger partial charge >= 0.3 is 0 Å². The van der Waals surface area contributed by atoms with Crippen molar-refractivity contribution in [1.29, 1.82) is 0 Å². The molecule has 2 bridgehead atoms. The third-order valence-electron chi connectivity index (χ3n) is 6.32. The molecule has 0 spiro atoms. The van der Waals surface area contributed by atoms with Crippen molar-refractivity contribution in [2.75, 3.05) is 13.1 Å². The minimum Gasteiger partial charge on any atom is -0.353 e. The van der Waals surface area contributed by atoms with Gasteiger partial charge in [-0.25, -0.2) is 0 Å². The fourth-order valence-corrected chi connectivity index (χ4v) is 5.18. The first-order valence-corrected chi connectivity index (χ1v) is 9.82. The summed E-state index contributed by atoms with van der Waals surface area (Å²) in [5.74, 6) is 2.18. The molecule has 3 aliphatic rings. The molecule has 3 nitrogen and oxygen atoms in total. The maximum atomic E-state index is 12.6. The maximum Gasteiger partial charge on any atom is 0.223 e. The fraction of sp³-hybridized carbons (Fsp3) is 0.650. The quantitative estimate of drug-likeness (QED) is 0.897. The van der Waals surface area contributed by atoms with Crippen LogP contribution in [0.15, 0.2) is 24.3 Å². The Balaban J connectivity index is 1.24. The van der Waals surface area contributed by atoms with Crippen molar-refractivity contribution in [3.05, 3.63) is 34.9 Å². The molecule has 1 aliphatic heterocycles. The molecule has 24 heavy (non-hydrogen) atoms. The largest absolute Gasteiger partial charge is 0.353 e. The Morgan fingerprint density at radius 2 is 2.00 bits per heavy atom. The Morgan fingerprint density at radius 1 is 1.17 bits per heavy atom. The second-order valence-corrected chi connectivity index (χ2v) is 8.41. The molecule has 4 heteroatoms. The lowest BCUT2D eigenvalue weighted by atomic mass is 9.92. The van der Waals surface area contributed by atoms with Crippen LogP contribution in [0.5, 0.6) is 0 Å². The van der Waals surface area contributed by atoms with Gasteiger partial charge in [-0.2, -0.15) is 0 Å². The van der Waals surface area contributed by atoms with E-state index in [1.165, 1.54) is 31.2 Å². The molecule has 2 aliphatic carbocycles. The van der Waals surface area contributed by atoms with Gasteiger partial charge in [-0.05, 0) is 74.7 Å². The summed E-state index contributed by atoms with van der Waals surface area (Å²) in [5.41, 5.74) is 1.26. The molecule has 1 N–H and O–H groups in total. The number of fused-ring (bicyclic) bond motifs is 2. The summed E-state index contributed by atoms with van der Waals surface area (Å²) in [6.07, 6.45) is 7.25. The van der Waals surface area contributed by atoms with Gasteiger partial charge in [0.25, 0.3) is 0 Å². The van der Waals surface area contributed by atoms with Crippen LogP contribution in [-0.2, 0) is 11.3 Å². The first-order valence-electron chi connectivity index (χ1n) is 9.44. The number of benzene rings is 1. The van der Waals surface area contributed by atoms with E-state index in [0.717, 1.165) is 49.3 Å². The summed E-state index contributed by atoms with van der Waals surface area (Å²) in [7, 11) is 0. The zero-order chi connectivity index (χ0) is 16.5. The van der Waals surface area contributed by atoms with Gasteiger partial charge < -0.3 is 5.32 Å². The number of nitrogens with one attached hydrogen (secondary N) is 1. The van der Waals surface area contributed by atoms with Gasteiger partial charge in [0.15, 0.2) is 0 Å². The number of nitrogens with zero attached hydrogens (tertiary/aromatic N) is 1. The highest BCUT2D eigenvalue weighted by molar-refractivity contribution is 6.30. The standard InChI is InChI=1S/C20H27ClN2O/c21-18-3-1-2-15(11-18)13-23-8-6-16(7-9-23)20(24)22-19-12-14-4-5-17(19)10-14/h1-3,11,14,16-17,19H,4-10,12-13H2,(H,22,24). The van der Waals surface area contributed by atoms with Gasteiger partial charge in [0, 0.05) is 23.5 Å². The molecule has 1 aromatic rings. The zero-order valence-electron chi connectivity index (χ0n) is 14.2. The third-order valence-corrected chi connectivity index (χ3v) is 6.55. The average Bonchev–Trinajstić information content (AvgIpc) is 3.18. The first-order chi connectivity index (χ1) is 11.7. The predicted octanol–water partition coefficient (Wildman–Crippen LogP) is 3.86. The molecular formula is C20H27ClN2O. The van der Waals surface area contributed by atoms with E-state index in [-0.39, 0.29) is 5.92 Å². The molecule has 1 amide bonds. The van der Waals surface area contributed by atoms with E-state index in [0.29, 0.717) is 11.9 Å². The van der Waals surface area contributed by atoms with Crippen molar-refractivity contribution in [3.8, 4) is 0 Å². The van der Waals surface area contributed by atoms with Crippen LogP contribution in [0, 0.1) is 17.8 Å². The van der Waals surface area contributed by atoms with Crippen LogP contribution < -0.4 is 5.32 Å². The number of likely N-dealkylation sites (tertiary alicyclic amines) is 1. The molecule has 3 atom stereocenters. The van der Waals surface area contributed by atoms with E-state index in [9.17, 15) is 4.79 Å². The van der Waals surface area contributed by atoms with Crippen molar-refractivity contribution < 1.29 is 4.79 Å². The molecule has 0 aromatic heterocycles. The lowest BCUT2D eigenvalue weighted by molar-refractivity contribution is -0.127. The first kappa shape index (κ1) is 16.4. The summed E-state index contributed by atoms with van der Waals surface area (Å²) >= 11 is 6.06. The zero-order valence-corrected chi connectivity index (χ0v) is 15.0. The van der Waals surface area contributed by atoms with Crippen molar-refractivity contribution in [2.45, 2.75) is 51.1 Å². The van der Waals surface area contributed by atoms with Gasteiger partial charge in [-0.15, -0.1) is 0 Å². The molecular weight excluding hydrogens is 320 g/mol. The molecule has 130 valence electrons. The van der Waals surface area contributed by atoms with E-state index in [1.54, 1.807) is 0 Å². The van der Waals surface area contributed by atoms with Crippen LogP contribution in [0.2, 0.25) is 5.02 Å². The molecule has 1 saturated heterocycles. The number of piperidine rings is 1. The van der Waals surface area contributed by atoms with Crippen molar-refractivity contribution in [2.24, 2.45) is 17.8 Å². The topological polar surface area (TPSA) is 32.3 Å². The van der Waals surface area contributed by atoms with Gasteiger partial charge in [-0.1, -0.05) is 30.2 Å². The second-order valence-electron chi connectivity index (χ2n) is 7.97. The van der Waals surface area contributed by atoms with Gasteiger partial charge in [-0.3, -0.25) is 9.69 Å². The highest BCUT2D eigenvalue weighted by Gasteiger charge is 2.40. The van der Waals surface area contributed by atoms with Crippen LogP contribution in [0.1, 0.15) is 44.1 Å². The second kappa shape index (κ2) is 7.05. The van der Waals surface area contributed by atoms with E-state index in [1.807, 2.05) is 18.2 Å². The Hall–Kier alpha value is -1.06. The summed E-state index contributed by atoms with van der Waals surface area (Å²) in [4.78, 5) is 15.0. The minimum absolute atomic E-state index is 0.208. The van der Waals surface area contributed by atoms with Crippen LogP contribution in [0.4, 0.5) is 0 Å². The number of halogens is 1. The predicted molar refractivity (Wildman–Crippen MR) is 96.8 cm³/mol. The van der Waals surface area contributed by atoms with Crippen LogP contribution in [0.25, 0.3) is 0 Å². The Bertz CT molecular complexity index is 597. The van der Waals surface area contributed by atoms with E-state index < -0.39 is 0 Å². The van der Waals surface area contributed by atoms with Crippen LogP contribution in [-0.4, -0.2) is 29.9 Å². The number of carbonyl (C=O) groups excluding carboxylic acids is 1. The molecule has 4 rings (SSSR count). The van der Waals surface area contributed by atoms with Gasteiger partial charge in [0.2, 0.25) is 5.91 Å². The lowest BCUT2D eigenvalue weighted by Crippen LogP contribution is -2.45. The third kappa shape index (κ3) is 3.62. The molecule has 1 heterocycles. The maximum absolute atomic E-state index is 12.6. The van der Waals surface area contributed by atoms with E-state index in [2.05, 4.69) is 16.3 Å². The smallest absolute Gasteiger partial charge is 0.223 e. The lowest BCUT2D eigenvalue weighted by Gasteiger charge is -2.32. The molecule has 0 radical (unpaired) electrons. The fourth-order valence-electron chi connectivity index (χ4n) is 4.97. The molecule has 1 aromatic carbocycles. The van der Waals surface area contributed by atoms with E-state index >= 15 is 0 Å². The van der Waals surface area contributed by atoms with Crippen molar-refractivity contribution in [3.63, 3.8) is 0 Å². The summed E-state index contributed by atoms with van der Waals surface area (Å²) in [6.45, 7) is 2.93. The van der Waals surface area contributed by atoms with Crippen LogP contribution >= 0.6 is 11.6 Å². The van der Waals surface area contributed by atoms with Crippen LogP contribution in [0.3, 0.4) is 0 Å². The van der Waals surface area contributed by atoms with Crippen molar-refractivity contribution in [1.82, 2.24) is 10.2 Å². The molecule has 2 saturated carbocycles. The number of hydrogen-bond donors (Lipinski definition) is 1. The Morgan fingerprint density at radius 3 is 2.67 bits per heavy atom. The summed E-state index contributed by atoms with van der Waals surface area (Å²) in [6, 6.07) is 8.56. The number of hydrogen-bond acceptors (Lipinski definition) is 2. The Labute approximate surface area is 149 Å². The van der Waals surface area contributed by atoms with Crippen molar-refractivity contribution >= 4 is 17.5 Å². The number of carbonyl (C=O) groups is 1. The monoisotopic (exact) mass is 346 g/mol. The van der Waals surface area contributed by atoms with Gasteiger partial charge in [0.05, 0.1) is 0 Å². The summed E-state index contributed by atoms with van der Waals surface area (Å²) in [5, 5.41) is 4.18. The highest BCUT2D eigenvalue weighted by atomic mass is 35.5. The van der Waals surface area contributed by atoms with E-state index in [4.69, 9.17) is 11.6 Å². The number of rotatable bonds is 4. The number of amides is 1. The average molecular weight is 347 g/mol. The SMILES string of the molecule is O=C(NC1CC2CCC1C2)C1CCN(Cc2cccc(Cl)c2)CC1. The highest BCUT2D eigenvalue weighted by Crippen LogP contribution is 2.44.